The van der Waals surface area contributed by atoms with Crippen molar-refractivity contribution in [3.8, 4) is 0 Å². The van der Waals surface area contributed by atoms with E-state index in [-0.39, 0.29) is 24.0 Å². The molecule has 6 heteroatoms. The molecular weight excluding hydrogens is 347 g/mol. The van der Waals surface area contributed by atoms with Crippen molar-refractivity contribution in [1.82, 2.24) is 5.32 Å². The van der Waals surface area contributed by atoms with Crippen molar-refractivity contribution in [2.45, 2.75) is 51.2 Å². The maximum Gasteiger partial charge on any atom is 0.223 e. The summed E-state index contributed by atoms with van der Waals surface area (Å²) in [6.45, 7) is 3.37. The Hall–Kier alpha value is -0.810. The van der Waals surface area contributed by atoms with Crippen LogP contribution >= 0.6 is 23.2 Å². The van der Waals surface area contributed by atoms with Gasteiger partial charge in [0.15, 0.2) is 0 Å². The first-order valence-corrected chi connectivity index (χ1v) is 9.35. The molecule has 0 heterocycles. The van der Waals surface area contributed by atoms with Gasteiger partial charge in [-0.15, -0.1) is 0 Å². The molecule has 1 aromatic rings. The van der Waals surface area contributed by atoms with Gasteiger partial charge >= 0.3 is 0 Å². The molecule has 1 aliphatic carbocycles. The molecule has 0 aliphatic heterocycles. The number of carbonyl (C=O) groups excluding carboxylic acids is 1. The van der Waals surface area contributed by atoms with Gasteiger partial charge in [0, 0.05) is 35.2 Å². The summed E-state index contributed by atoms with van der Waals surface area (Å²) in [5.74, 6) is 0.0478. The van der Waals surface area contributed by atoms with E-state index in [2.05, 4.69) is 12.2 Å². The molecule has 0 saturated heterocycles. The lowest BCUT2D eigenvalue weighted by atomic mass is 9.83. The Morgan fingerprint density at radius 1 is 1.38 bits per heavy atom. The highest BCUT2D eigenvalue weighted by Crippen LogP contribution is 2.26. The number of rotatable bonds is 7. The van der Waals surface area contributed by atoms with E-state index in [0.29, 0.717) is 29.4 Å². The molecule has 3 atom stereocenters. The minimum atomic E-state index is -0.0632. The summed E-state index contributed by atoms with van der Waals surface area (Å²) < 4.78 is 5.75. The van der Waals surface area contributed by atoms with Crippen LogP contribution in [0.3, 0.4) is 0 Å². The molecule has 1 fully saturated rings. The van der Waals surface area contributed by atoms with Gasteiger partial charge in [0.2, 0.25) is 5.91 Å². The Kier molecular flexibility index (Phi) is 7.82. The average Bonchev–Trinajstić information content (AvgIpc) is 2.55. The molecule has 0 spiro atoms. The van der Waals surface area contributed by atoms with Crippen LogP contribution in [0.15, 0.2) is 18.2 Å². The quantitative estimate of drug-likeness (QED) is 0.768. The molecular formula is C18H26Cl2N2O2. The lowest BCUT2D eigenvalue weighted by molar-refractivity contribution is -0.127. The molecule has 0 radical (unpaired) electrons. The fraction of sp³-hybridized carbons (Fsp3) is 0.611. The summed E-state index contributed by atoms with van der Waals surface area (Å²) >= 11 is 12.0. The standard InChI is InChI=1S/C18H26Cl2N2O2/c1-2-9-24-17-6-4-13(10-16(17)21)18(23)22-8-7-12-3-5-14(19)11-15(12)20/h3,5,11,13,16-17H,2,4,6-10,21H2,1H3,(H,22,23)/t13-,16+,17+/m0/s1. The molecule has 2 rings (SSSR count). The monoisotopic (exact) mass is 372 g/mol. The fourth-order valence-corrected chi connectivity index (χ4v) is 3.58. The van der Waals surface area contributed by atoms with Gasteiger partial charge in [-0.1, -0.05) is 36.2 Å². The van der Waals surface area contributed by atoms with Gasteiger partial charge in [-0.25, -0.2) is 0 Å². The van der Waals surface area contributed by atoms with Gasteiger partial charge < -0.3 is 15.8 Å². The number of hydrogen-bond acceptors (Lipinski definition) is 3. The SMILES string of the molecule is CCCO[C@@H]1CC[C@H](C(=O)NCCc2ccc(Cl)cc2Cl)C[C@H]1N. The highest BCUT2D eigenvalue weighted by atomic mass is 35.5. The molecule has 0 unspecified atom stereocenters. The second-order valence-corrected chi connectivity index (χ2v) is 7.20. The maximum absolute atomic E-state index is 12.3. The normalized spacial score (nSPS) is 23.9. The van der Waals surface area contributed by atoms with Gasteiger partial charge in [0.05, 0.1) is 6.10 Å². The third kappa shape index (κ3) is 5.62. The number of nitrogens with two attached hydrogens (primary N) is 1. The van der Waals surface area contributed by atoms with Crippen LogP contribution in [0, 0.1) is 5.92 Å². The minimum absolute atomic E-state index is 0.0258. The van der Waals surface area contributed by atoms with Gasteiger partial charge in [-0.2, -0.15) is 0 Å². The van der Waals surface area contributed by atoms with E-state index < -0.39 is 0 Å². The highest BCUT2D eigenvalue weighted by molar-refractivity contribution is 6.35. The van der Waals surface area contributed by atoms with Crippen molar-refractivity contribution in [2.75, 3.05) is 13.2 Å². The zero-order valence-electron chi connectivity index (χ0n) is 14.1. The van der Waals surface area contributed by atoms with Crippen molar-refractivity contribution < 1.29 is 9.53 Å². The predicted octanol–water partition coefficient (Wildman–Crippen LogP) is 3.57. The molecule has 134 valence electrons. The van der Waals surface area contributed by atoms with Crippen LogP contribution in [-0.4, -0.2) is 31.2 Å². The number of hydrogen-bond donors (Lipinski definition) is 2. The average molecular weight is 373 g/mol. The van der Waals surface area contributed by atoms with Crippen LogP contribution < -0.4 is 11.1 Å². The second kappa shape index (κ2) is 9.62. The van der Waals surface area contributed by atoms with Crippen LogP contribution in [0.4, 0.5) is 0 Å². The van der Waals surface area contributed by atoms with Crippen LogP contribution in [0.25, 0.3) is 0 Å². The van der Waals surface area contributed by atoms with Crippen LogP contribution in [0.5, 0.6) is 0 Å². The number of amides is 1. The lowest BCUT2D eigenvalue weighted by Crippen LogP contribution is -2.46. The van der Waals surface area contributed by atoms with E-state index >= 15 is 0 Å². The molecule has 1 saturated carbocycles. The van der Waals surface area contributed by atoms with Crippen molar-refractivity contribution >= 4 is 29.1 Å². The lowest BCUT2D eigenvalue weighted by Gasteiger charge is -2.33. The van der Waals surface area contributed by atoms with E-state index in [1.54, 1.807) is 12.1 Å². The summed E-state index contributed by atoms with van der Waals surface area (Å²) in [4.78, 5) is 12.3. The van der Waals surface area contributed by atoms with Crippen LogP contribution in [0.1, 0.15) is 38.2 Å². The van der Waals surface area contributed by atoms with E-state index in [1.165, 1.54) is 0 Å². The first kappa shape index (κ1) is 19.5. The van der Waals surface area contributed by atoms with Crippen molar-refractivity contribution in [1.29, 1.82) is 0 Å². The summed E-state index contributed by atoms with van der Waals surface area (Å²) in [7, 11) is 0. The van der Waals surface area contributed by atoms with Gasteiger partial charge in [0.1, 0.15) is 0 Å². The Morgan fingerprint density at radius 3 is 2.83 bits per heavy atom. The topological polar surface area (TPSA) is 64.3 Å². The number of nitrogens with one attached hydrogen (secondary N) is 1. The first-order chi connectivity index (χ1) is 11.5. The van der Waals surface area contributed by atoms with Gasteiger partial charge in [0.25, 0.3) is 0 Å². The Bertz CT molecular complexity index is 554. The number of benzene rings is 1. The summed E-state index contributed by atoms with van der Waals surface area (Å²) in [6, 6.07) is 5.35. The smallest absolute Gasteiger partial charge is 0.223 e. The highest BCUT2D eigenvalue weighted by Gasteiger charge is 2.32. The number of carbonyl (C=O) groups is 1. The number of halogens is 2. The summed E-state index contributed by atoms with van der Waals surface area (Å²) in [6.07, 6.45) is 4.12. The van der Waals surface area contributed by atoms with Crippen LogP contribution in [0.2, 0.25) is 10.0 Å². The molecule has 1 aliphatic rings. The van der Waals surface area contributed by atoms with Crippen molar-refractivity contribution in [3.63, 3.8) is 0 Å². The van der Waals surface area contributed by atoms with Crippen molar-refractivity contribution in [2.24, 2.45) is 11.7 Å². The van der Waals surface area contributed by atoms with E-state index in [1.807, 2.05) is 6.07 Å². The number of ether oxygens (including phenoxy) is 1. The first-order valence-electron chi connectivity index (χ1n) is 8.60. The largest absolute Gasteiger partial charge is 0.377 e. The minimum Gasteiger partial charge on any atom is -0.377 e. The third-order valence-corrected chi connectivity index (χ3v) is 5.04. The molecule has 4 nitrogen and oxygen atoms in total. The molecule has 0 bridgehead atoms. The van der Waals surface area contributed by atoms with E-state index in [9.17, 15) is 4.79 Å². The zero-order valence-corrected chi connectivity index (χ0v) is 15.6. The Labute approximate surface area is 154 Å². The fourth-order valence-electron chi connectivity index (χ4n) is 3.08. The van der Waals surface area contributed by atoms with E-state index in [0.717, 1.165) is 31.4 Å². The van der Waals surface area contributed by atoms with Crippen LogP contribution in [-0.2, 0) is 16.0 Å². The Morgan fingerprint density at radius 2 is 2.17 bits per heavy atom. The van der Waals surface area contributed by atoms with Gasteiger partial charge in [-0.3, -0.25) is 4.79 Å². The molecule has 1 aromatic carbocycles. The Balaban J connectivity index is 1.75. The van der Waals surface area contributed by atoms with Crippen molar-refractivity contribution in [3.05, 3.63) is 33.8 Å². The van der Waals surface area contributed by atoms with Gasteiger partial charge in [-0.05, 0) is 49.8 Å². The third-order valence-electron chi connectivity index (χ3n) is 4.45. The molecule has 24 heavy (non-hydrogen) atoms. The molecule has 0 aromatic heterocycles. The maximum atomic E-state index is 12.3. The predicted molar refractivity (Wildman–Crippen MR) is 98.5 cm³/mol. The molecule has 1 amide bonds. The summed E-state index contributed by atoms with van der Waals surface area (Å²) in [5.41, 5.74) is 7.15. The zero-order chi connectivity index (χ0) is 17.5. The van der Waals surface area contributed by atoms with E-state index in [4.69, 9.17) is 33.7 Å². The second-order valence-electron chi connectivity index (χ2n) is 6.36. The summed E-state index contributed by atoms with van der Waals surface area (Å²) in [5, 5.41) is 4.24. The molecule has 3 N–H and O–H groups in total.